The van der Waals surface area contributed by atoms with Crippen LogP contribution in [-0.2, 0) is 4.74 Å². The van der Waals surface area contributed by atoms with Gasteiger partial charge in [0, 0.05) is 7.11 Å². The lowest BCUT2D eigenvalue weighted by atomic mass is 10.3. The lowest BCUT2D eigenvalue weighted by molar-refractivity contribution is 0.200. The van der Waals surface area contributed by atoms with Gasteiger partial charge in [0.2, 0.25) is 0 Å². The van der Waals surface area contributed by atoms with Crippen LogP contribution in [0.1, 0.15) is 10.5 Å². The molecule has 10 heavy (non-hydrogen) atoms. The fraction of sp³-hybridized carbons (Fsp3) is 0.600. The van der Waals surface area contributed by atoms with Crippen molar-refractivity contribution in [2.45, 2.75) is 4.83 Å². The Labute approximate surface area is 67.1 Å². The van der Waals surface area contributed by atoms with E-state index in [4.69, 9.17) is 4.74 Å². The zero-order valence-corrected chi connectivity index (χ0v) is 7.13. The van der Waals surface area contributed by atoms with Gasteiger partial charge in [-0.1, -0.05) is 15.9 Å². The molecule has 1 heterocycles. The van der Waals surface area contributed by atoms with Gasteiger partial charge in [0.1, 0.15) is 0 Å². The summed E-state index contributed by atoms with van der Waals surface area (Å²) in [5, 5.41) is 10.1. The van der Waals surface area contributed by atoms with Gasteiger partial charge in [-0.15, -0.1) is 0 Å². The van der Waals surface area contributed by atoms with Gasteiger partial charge in [-0.3, -0.25) is 0 Å². The van der Waals surface area contributed by atoms with Crippen molar-refractivity contribution >= 4 is 15.9 Å². The summed E-state index contributed by atoms with van der Waals surface area (Å²) in [7, 11) is 1.65. The van der Waals surface area contributed by atoms with Crippen LogP contribution in [0.4, 0.5) is 0 Å². The van der Waals surface area contributed by atoms with E-state index in [9.17, 15) is 0 Å². The van der Waals surface area contributed by atoms with Crippen molar-refractivity contribution in [1.29, 1.82) is 0 Å². The SMILES string of the molecule is COCC(Br)c1cn[nH]n1. The molecule has 56 valence electrons. The first-order valence-corrected chi connectivity index (χ1v) is 3.75. The predicted octanol–water partition coefficient (Wildman–Crippen LogP) is 0.887. The van der Waals surface area contributed by atoms with E-state index in [1.54, 1.807) is 13.3 Å². The second-order valence-corrected chi connectivity index (χ2v) is 2.92. The zero-order valence-electron chi connectivity index (χ0n) is 5.54. The third kappa shape index (κ3) is 1.78. The van der Waals surface area contributed by atoms with Gasteiger partial charge >= 0.3 is 0 Å². The van der Waals surface area contributed by atoms with Gasteiger partial charge in [0.15, 0.2) is 0 Å². The van der Waals surface area contributed by atoms with Crippen LogP contribution < -0.4 is 0 Å². The number of hydrogen-bond donors (Lipinski definition) is 1. The molecule has 0 radical (unpaired) electrons. The number of H-pyrrole nitrogens is 1. The second-order valence-electron chi connectivity index (χ2n) is 1.82. The topological polar surface area (TPSA) is 50.8 Å². The molecule has 1 aromatic heterocycles. The maximum atomic E-state index is 4.90. The average Bonchev–Trinajstić information content (AvgIpc) is 2.38. The lowest BCUT2D eigenvalue weighted by Crippen LogP contribution is -1.98. The minimum Gasteiger partial charge on any atom is -0.383 e. The first-order valence-electron chi connectivity index (χ1n) is 2.83. The molecule has 5 heteroatoms. The Balaban J connectivity index is 2.50. The fourth-order valence-electron chi connectivity index (χ4n) is 0.593. The number of aromatic nitrogens is 3. The summed E-state index contributed by atoms with van der Waals surface area (Å²) in [5.41, 5.74) is 0.863. The van der Waals surface area contributed by atoms with E-state index in [1.165, 1.54) is 0 Å². The molecule has 1 unspecified atom stereocenters. The number of nitrogens with zero attached hydrogens (tertiary/aromatic N) is 2. The average molecular weight is 206 g/mol. The Morgan fingerprint density at radius 2 is 2.70 bits per heavy atom. The number of alkyl halides is 1. The molecule has 0 aliphatic rings. The fourth-order valence-corrected chi connectivity index (χ4v) is 1.08. The summed E-state index contributed by atoms with van der Waals surface area (Å²) in [4.78, 5) is 0.135. The number of hydrogen-bond acceptors (Lipinski definition) is 3. The zero-order chi connectivity index (χ0) is 7.40. The van der Waals surface area contributed by atoms with Crippen molar-refractivity contribution in [3.8, 4) is 0 Å². The molecule has 0 amide bonds. The van der Waals surface area contributed by atoms with Crippen molar-refractivity contribution in [2.75, 3.05) is 13.7 Å². The van der Waals surface area contributed by atoms with E-state index in [-0.39, 0.29) is 4.83 Å². The van der Waals surface area contributed by atoms with Crippen LogP contribution in [0.25, 0.3) is 0 Å². The Morgan fingerprint density at radius 3 is 3.20 bits per heavy atom. The van der Waals surface area contributed by atoms with Crippen molar-refractivity contribution in [1.82, 2.24) is 15.4 Å². The molecular weight excluding hydrogens is 198 g/mol. The van der Waals surface area contributed by atoms with Crippen LogP contribution in [0.5, 0.6) is 0 Å². The molecular formula is C5H8BrN3O. The maximum Gasteiger partial charge on any atom is 0.0984 e. The Hall–Kier alpha value is -0.420. The molecule has 0 aliphatic heterocycles. The van der Waals surface area contributed by atoms with Crippen molar-refractivity contribution in [2.24, 2.45) is 0 Å². The Morgan fingerprint density at radius 1 is 1.90 bits per heavy atom. The molecule has 0 aliphatic carbocycles. The molecule has 1 aromatic rings. The highest BCUT2D eigenvalue weighted by molar-refractivity contribution is 9.09. The largest absolute Gasteiger partial charge is 0.383 e. The molecule has 0 saturated carbocycles. The molecule has 0 aromatic carbocycles. The van der Waals surface area contributed by atoms with E-state index in [0.717, 1.165) is 5.69 Å². The van der Waals surface area contributed by atoms with Crippen molar-refractivity contribution in [3.05, 3.63) is 11.9 Å². The lowest BCUT2D eigenvalue weighted by Gasteiger charge is -2.01. The van der Waals surface area contributed by atoms with Gasteiger partial charge in [0.05, 0.1) is 23.3 Å². The second kappa shape index (κ2) is 3.68. The van der Waals surface area contributed by atoms with E-state index < -0.39 is 0 Å². The normalized spacial score (nSPS) is 13.4. The number of nitrogens with one attached hydrogen (secondary N) is 1. The van der Waals surface area contributed by atoms with Crippen LogP contribution in [0.15, 0.2) is 6.20 Å². The predicted molar refractivity (Wildman–Crippen MR) is 39.9 cm³/mol. The third-order valence-corrected chi connectivity index (χ3v) is 1.80. The van der Waals surface area contributed by atoms with Gasteiger partial charge in [0.25, 0.3) is 0 Å². The number of rotatable bonds is 3. The number of halogens is 1. The highest BCUT2D eigenvalue weighted by Crippen LogP contribution is 2.18. The van der Waals surface area contributed by atoms with E-state index in [0.29, 0.717) is 6.61 Å². The molecule has 4 nitrogen and oxygen atoms in total. The molecule has 1 rings (SSSR count). The van der Waals surface area contributed by atoms with Crippen LogP contribution in [0.2, 0.25) is 0 Å². The first kappa shape index (κ1) is 7.68. The van der Waals surface area contributed by atoms with Gasteiger partial charge in [-0.2, -0.15) is 15.4 Å². The quantitative estimate of drug-likeness (QED) is 0.747. The molecule has 0 bridgehead atoms. The van der Waals surface area contributed by atoms with Crippen molar-refractivity contribution in [3.63, 3.8) is 0 Å². The summed E-state index contributed by atoms with van der Waals surface area (Å²) < 4.78 is 4.90. The highest BCUT2D eigenvalue weighted by atomic mass is 79.9. The summed E-state index contributed by atoms with van der Waals surface area (Å²) >= 11 is 3.38. The van der Waals surface area contributed by atoms with E-state index >= 15 is 0 Å². The third-order valence-electron chi connectivity index (χ3n) is 1.07. The van der Waals surface area contributed by atoms with Crippen LogP contribution in [0.3, 0.4) is 0 Å². The smallest absolute Gasteiger partial charge is 0.0984 e. The standard InChI is InChI=1S/C5H8BrN3O/c1-10-3-4(6)5-2-7-9-8-5/h2,4H,3H2,1H3,(H,7,8,9). The van der Waals surface area contributed by atoms with E-state index in [1.807, 2.05) is 0 Å². The Kier molecular flexibility index (Phi) is 2.82. The number of methoxy groups -OCH3 is 1. The van der Waals surface area contributed by atoms with Crippen molar-refractivity contribution < 1.29 is 4.74 Å². The number of aromatic amines is 1. The molecule has 0 spiro atoms. The minimum absolute atomic E-state index is 0.135. The molecule has 1 N–H and O–H groups in total. The van der Waals surface area contributed by atoms with Crippen LogP contribution in [0, 0.1) is 0 Å². The first-order chi connectivity index (χ1) is 4.84. The summed E-state index contributed by atoms with van der Waals surface area (Å²) in [5.74, 6) is 0. The monoisotopic (exact) mass is 205 g/mol. The summed E-state index contributed by atoms with van der Waals surface area (Å²) in [6, 6.07) is 0. The van der Waals surface area contributed by atoms with Gasteiger partial charge < -0.3 is 4.74 Å². The van der Waals surface area contributed by atoms with Gasteiger partial charge in [-0.05, 0) is 0 Å². The summed E-state index contributed by atoms with van der Waals surface area (Å²) in [6.45, 7) is 0.604. The van der Waals surface area contributed by atoms with Crippen LogP contribution in [-0.4, -0.2) is 29.1 Å². The minimum atomic E-state index is 0.135. The Bertz CT molecular complexity index is 177. The van der Waals surface area contributed by atoms with Gasteiger partial charge in [-0.25, -0.2) is 0 Å². The maximum absolute atomic E-state index is 4.90. The molecule has 0 fully saturated rings. The van der Waals surface area contributed by atoms with Crippen LogP contribution >= 0.6 is 15.9 Å². The van der Waals surface area contributed by atoms with E-state index in [2.05, 4.69) is 31.3 Å². The molecule has 0 saturated heterocycles. The number of ether oxygens (including phenoxy) is 1. The summed E-state index contributed by atoms with van der Waals surface area (Å²) in [6.07, 6.45) is 1.67. The molecule has 1 atom stereocenters. The highest BCUT2D eigenvalue weighted by Gasteiger charge is 2.08.